The Morgan fingerprint density at radius 2 is 1.12 bits per heavy atom. The van der Waals surface area contributed by atoms with Gasteiger partial charge in [0.15, 0.2) is 0 Å². The van der Waals surface area contributed by atoms with Gasteiger partial charge in [-0.2, -0.15) is 10.5 Å². The third-order valence-electron chi connectivity index (χ3n) is 3.33. The first-order valence-electron chi connectivity index (χ1n) is 7.24. The van der Waals surface area contributed by atoms with Gasteiger partial charge in [-0.25, -0.2) is 0 Å². The van der Waals surface area contributed by atoms with Crippen LogP contribution in [0.3, 0.4) is 0 Å². The van der Waals surface area contributed by atoms with Gasteiger partial charge in [0, 0.05) is 0 Å². The molecule has 0 amide bonds. The van der Waals surface area contributed by atoms with Gasteiger partial charge in [-0.15, -0.1) is 0 Å². The average Bonchev–Trinajstić information content (AvgIpc) is 2.64. The first-order valence-corrected chi connectivity index (χ1v) is 7.24. The Balaban J connectivity index is 1.85. The molecule has 0 bridgehead atoms. The second-order valence-electron chi connectivity index (χ2n) is 4.84. The Morgan fingerprint density at radius 1 is 0.750 bits per heavy atom. The molecular formula is C16H14B2N2O4. The number of benzene rings is 2. The van der Waals surface area contributed by atoms with E-state index in [1.807, 2.05) is 12.1 Å². The maximum absolute atomic E-state index is 9.96. The molecular weight excluding hydrogens is 306 g/mol. The molecule has 0 aliphatic carbocycles. The van der Waals surface area contributed by atoms with E-state index >= 15 is 0 Å². The molecule has 0 fully saturated rings. The molecule has 6 nitrogen and oxygen atoms in total. The maximum Gasteiger partial charge on any atom is 0.492 e. The topological polar surface area (TPSA) is 106 Å². The van der Waals surface area contributed by atoms with Crippen LogP contribution in [0.5, 0.6) is 0 Å². The minimum absolute atomic E-state index is 0.00666. The number of rotatable bonds is 7. The van der Waals surface area contributed by atoms with E-state index in [4.69, 9.17) is 19.8 Å². The normalized spacial score (nSPS) is 9.83. The first-order chi connectivity index (χ1) is 11.7. The van der Waals surface area contributed by atoms with Gasteiger partial charge in [-0.3, -0.25) is 0 Å². The fourth-order valence-electron chi connectivity index (χ4n) is 2.13. The van der Waals surface area contributed by atoms with E-state index in [2.05, 4.69) is 0 Å². The maximum atomic E-state index is 9.96. The molecule has 0 aliphatic heterocycles. The molecule has 118 valence electrons. The van der Waals surface area contributed by atoms with Gasteiger partial charge in [-0.05, 0) is 23.1 Å². The zero-order chi connectivity index (χ0) is 17.4. The van der Waals surface area contributed by atoms with Crippen LogP contribution >= 0.6 is 0 Å². The summed E-state index contributed by atoms with van der Waals surface area (Å²) in [5.41, 5.74) is 1.40. The largest absolute Gasteiger partial charge is 0.492 e. The predicted octanol–water partition coefficient (Wildman–Crippen LogP) is -0.462. The lowest BCUT2D eigenvalue weighted by Crippen LogP contribution is -2.39. The summed E-state index contributed by atoms with van der Waals surface area (Å²) in [6, 6.07) is 17.1. The van der Waals surface area contributed by atoms with E-state index < -0.39 is 14.2 Å². The number of nitrogens with zero attached hydrogens (tertiary/aromatic N) is 2. The Hall–Kier alpha value is -2.61. The lowest BCUT2D eigenvalue weighted by atomic mass is 9.76. The molecule has 8 heteroatoms. The zero-order valence-electron chi connectivity index (χ0n) is 12.8. The standard InChI is InChI=1S/C16H14B2N2O4/c19-11-13-5-1-3-7-15(13)17(21)23-9-10-24-18(22)16-8-4-2-6-14(16)12-20/h1-8,21-22H,9-10H2. The first kappa shape index (κ1) is 17.7. The molecule has 0 radical (unpaired) electrons. The number of hydrogen-bond donors (Lipinski definition) is 2. The van der Waals surface area contributed by atoms with Crippen molar-refractivity contribution in [3.05, 3.63) is 59.7 Å². The Labute approximate surface area is 140 Å². The quantitative estimate of drug-likeness (QED) is 0.528. The van der Waals surface area contributed by atoms with Crippen LogP contribution in [0.25, 0.3) is 0 Å². The molecule has 2 N–H and O–H groups in total. The van der Waals surface area contributed by atoms with E-state index in [-0.39, 0.29) is 13.2 Å². The third-order valence-corrected chi connectivity index (χ3v) is 3.33. The van der Waals surface area contributed by atoms with Crippen LogP contribution in [0.4, 0.5) is 0 Å². The molecule has 0 heterocycles. The molecule has 0 aliphatic rings. The van der Waals surface area contributed by atoms with Gasteiger partial charge in [0.2, 0.25) is 0 Å². The summed E-state index contributed by atoms with van der Waals surface area (Å²) in [4.78, 5) is 0. The van der Waals surface area contributed by atoms with Crippen molar-refractivity contribution in [2.75, 3.05) is 13.2 Å². The van der Waals surface area contributed by atoms with Crippen LogP contribution in [0.1, 0.15) is 11.1 Å². The smallest absolute Gasteiger partial charge is 0.423 e. The van der Waals surface area contributed by atoms with E-state index in [0.29, 0.717) is 22.1 Å². The molecule has 0 saturated heterocycles. The lowest BCUT2D eigenvalue weighted by Gasteiger charge is -2.12. The summed E-state index contributed by atoms with van der Waals surface area (Å²) in [5.74, 6) is 0. The van der Waals surface area contributed by atoms with E-state index in [1.54, 1.807) is 48.5 Å². The van der Waals surface area contributed by atoms with Crippen LogP contribution in [0.15, 0.2) is 48.5 Å². The molecule has 0 atom stereocenters. The van der Waals surface area contributed by atoms with Crippen molar-refractivity contribution in [1.29, 1.82) is 10.5 Å². The van der Waals surface area contributed by atoms with E-state index in [0.717, 1.165) is 0 Å². The van der Waals surface area contributed by atoms with Gasteiger partial charge in [0.05, 0.1) is 36.5 Å². The van der Waals surface area contributed by atoms with Crippen molar-refractivity contribution in [1.82, 2.24) is 0 Å². The fourth-order valence-corrected chi connectivity index (χ4v) is 2.13. The van der Waals surface area contributed by atoms with Crippen molar-refractivity contribution in [3.63, 3.8) is 0 Å². The summed E-state index contributed by atoms with van der Waals surface area (Å²) in [6.45, 7) is 0.0133. The highest BCUT2D eigenvalue weighted by molar-refractivity contribution is 6.61. The van der Waals surface area contributed by atoms with Gasteiger partial charge in [0.25, 0.3) is 0 Å². The minimum atomic E-state index is -1.26. The minimum Gasteiger partial charge on any atom is -0.423 e. The Bertz CT molecular complexity index is 708. The number of hydrogen-bond acceptors (Lipinski definition) is 6. The van der Waals surface area contributed by atoms with Gasteiger partial charge >= 0.3 is 14.2 Å². The van der Waals surface area contributed by atoms with Crippen molar-refractivity contribution in [2.45, 2.75) is 0 Å². The highest BCUT2D eigenvalue weighted by Crippen LogP contribution is 1.98. The van der Waals surface area contributed by atoms with E-state index in [9.17, 15) is 10.0 Å². The fraction of sp³-hybridized carbons (Fsp3) is 0.125. The summed E-state index contributed by atoms with van der Waals surface area (Å²) >= 11 is 0. The van der Waals surface area contributed by atoms with E-state index in [1.165, 1.54) is 0 Å². The molecule has 0 aromatic heterocycles. The molecule has 0 unspecified atom stereocenters. The molecule has 2 aromatic carbocycles. The zero-order valence-corrected chi connectivity index (χ0v) is 12.8. The van der Waals surface area contributed by atoms with Gasteiger partial charge < -0.3 is 19.4 Å². The molecule has 2 rings (SSSR count). The average molecular weight is 320 g/mol. The van der Waals surface area contributed by atoms with Crippen molar-refractivity contribution < 1.29 is 19.4 Å². The van der Waals surface area contributed by atoms with Gasteiger partial charge in [0.1, 0.15) is 0 Å². The van der Waals surface area contributed by atoms with Crippen LogP contribution in [0, 0.1) is 22.7 Å². The van der Waals surface area contributed by atoms with Crippen molar-refractivity contribution >= 4 is 25.2 Å². The summed E-state index contributed by atoms with van der Waals surface area (Å²) in [7, 11) is -2.51. The van der Waals surface area contributed by atoms with Crippen LogP contribution < -0.4 is 10.9 Å². The SMILES string of the molecule is N#Cc1ccccc1B(O)OCCOB(O)c1ccccc1C#N. The molecule has 0 saturated carbocycles. The molecule has 24 heavy (non-hydrogen) atoms. The highest BCUT2D eigenvalue weighted by Gasteiger charge is 2.22. The van der Waals surface area contributed by atoms with Crippen molar-refractivity contribution in [3.8, 4) is 12.1 Å². The van der Waals surface area contributed by atoms with Crippen LogP contribution in [0.2, 0.25) is 0 Å². The molecule has 2 aromatic rings. The predicted molar refractivity (Wildman–Crippen MR) is 89.4 cm³/mol. The summed E-state index contributed by atoms with van der Waals surface area (Å²) < 4.78 is 10.4. The van der Waals surface area contributed by atoms with Crippen molar-refractivity contribution in [2.24, 2.45) is 0 Å². The van der Waals surface area contributed by atoms with Gasteiger partial charge in [-0.1, -0.05) is 36.4 Å². The Morgan fingerprint density at radius 3 is 1.50 bits per heavy atom. The summed E-state index contributed by atoms with van der Waals surface area (Å²) in [6.07, 6.45) is 0. The third kappa shape index (κ3) is 4.45. The van der Waals surface area contributed by atoms with Crippen LogP contribution in [-0.2, 0) is 9.31 Å². The monoisotopic (exact) mass is 320 g/mol. The lowest BCUT2D eigenvalue weighted by molar-refractivity contribution is 0.181. The Kier molecular flexibility index (Phi) is 6.56. The van der Waals surface area contributed by atoms with Crippen LogP contribution in [-0.4, -0.2) is 37.5 Å². The molecule has 0 spiro atoms. The second kappa shape index (κ2) is 8.88. The second-order valence-corrected chi connectivity index (χ2v) is 4.84. The summed E-state index contributed by atoms with van der Waals surface area (Å²) in [5, 5.41) is 37.9. The highest BCUT2D eigenvalue weighted by atomic mass is 16.6. The number of nitriles is 2.